The zero-order valence-electron chi connectivity index (χ0n) is 10.1. The number of carboxylic acids is 1. The number of carbonyl (C=O) groups is 2. The van der Waals surface area contributed by atoms with Crippen molar-refractivity contribution < 1.29 is 19.4 Å². The van der Waals surface area contributed by atoms with E-state index in [1.807, 2.05) is 6.07 Å². The summed E-state index contributed by atoms with van der Waals surface area (Å²) in [5, 5.41) is 8.92. The summed E-state index contributed by atoms with van der Waals surface area (Å²) in [4.78, 5) is 22.8. The van der Waals surface area contributed by atoms with Gasteiger partial charge in [0.05, 0.1) is 11.3 Å². The lowest BCUT2D eigenvalue weighted by Crippen LogP contribution is -2.38. The van der Waals surface area contributed by atoms with Crippen molar-refractivity contribution >= 4 is 11.9 Å². The summed E-state index contributed by atoms with van der Waals surface area (Å²) in [6, 6.07) is 8.60. The van der Waals surface area contributed by atoms with E-state index < -0.39 is 23.3 Å². The molecule has 4 nitrogen and oxygen atoms in total. The lowest BCUT2D eigenvalue weighted by molar-refractivity contribution is -0.157. The monoisotopic (exact) mass is 236 g/mol. The number of esters is 1. The number of benzene rings is 1. The molecule has 0 aliphatic rings. The lowest BCUT2D eigenvalue weighted by Gasteiger charge is -2.26. The largest absolute Gasteiger partial charge is 0.481 e. The topological polar surface area (TPSA) is 63.6 Å². The molecule has 92 valence electrons. The first-order valence-electron chi connectivity index (χ1n) is 5.36. The highest BCUT2D eigenvalue weighted by Crippen LogP contribution is 2.29. The minimum Gasteiger partial charge on any atom is -0.481 e. The summed E-state index contributed by atoms with van der Waals surface area (Å²) in [7, 11) is 0. The van der Waals surface area contributed by atoms with Gasteiger partial charge in [0.15, 0.2) is 0 Å². The molecule has 0 heterocycles. The fraction of sp³-hybridized carbons (Fsp3) is 0.385. The van der Waals surface area contributed by atoms with E-state index in [4.69, 9.17) is 9.84 Å². The van der Waals surface area contributed by atoms with E-state index in [2.05, 4.69) is 0 Å². The van der Waals surface area contributed by atoms with Crippen LogP contribution in [0.5, 0.6) is 5.75 Å². The number of ether oxygens (including phenoxy) is 1. The van der Waals surface area contributed by atoms with E-state index in [0.717, 1.165) is 0 Å². The second kappa shape index (κ2) is 4.99. The van der Waals surface area contributed by atoms with Crippen LogP contribution in [0, 0.1) is 11.3 Å². The van der Waals surface area contributed by atoms with E-state index >= 15 is 0 Å². The molecule has 1 atom stereocenters. The predicted octanol–water partition coefficient (Wildman–Crippen LogP) is 2.34. The van der Waals surface area contributed by atoms with Crippen molar-refractivity contribution in [3.05, 3.63) is 30.3 Å². The molecule has 0 fully saturated rings. The molecule has 0 aliphatic heterocycles. The Hall–Kier alpha value is -1.84. The minimum atomic E-state index is -1.07. The van der Waals surface area contributed by atoms with Crippen LogP contribution in [0.1, 0.15) is 20.8 Å². The van der Waals surface area contributed by atoms with Crippen molar-refractivity contribution in [1.82, 2.24) is 0 Å². The number of aliphatic carboxylic acids is 1. The summed E-state index contributed by atoms with van der Waals surface area (Å²) in [6.45, 7) is 4.63. The van der Waals surface area contributed by atoms with Crippen LogP contribution in [-0.2, 0) is 9.59 Å². The van der Waals surface area contributed by atoms with E-state index in [9.17, 15) is 9.59 Å². The Balaban J connectivity index is 2.80. The Kier molecular flexibility index (Phi) is 3.89. The van der Waals surface area contributed by atoms with Crippen LogP contribution in [0.25, 0.3) is 0 Å². The molecule has 0 saturated carbocycles. The van der Waals surface area contributed by atoms with Crippen LogP contribution >= 0.6 is 0 Å². The first kappa shape index (κ1) is 13.2. The van der Waals surface area contributed by atoms with Gasteiger partial charge in [-0.25, -0.2) is 0 Å². The molecule has 0 aliphatic carbocycles. The highest BCUT2D eigenvalue weighted by atomic mass is 16.5. The summed E-state index contributed by atoms with van der Waals surface area (Å²) < 4.78 is 5.15. The van der Waals surface area contributed by atoms with Gasteiger partial charge in [0.25, 0.3) is 0 Å². The standard InChI is InChI=1S/C13H16O4/c1-9(11(14)15)13(2,3)12(16)17-10-7-5-4-6-8-10/h4-9H,1-3H3,(H,14,15). The van der Waals surface area contributed by atoms with Gasteiger partial charge in [0, 0.05) is 0 Å². The summed E-state index contributed by atoms with van der Waals surface area (Å²) >= 11 is 0. The maximum Gasteiger partial charge on any atom is 0.317 e. The van der Waals surface area contributed by atoms with Crippen LogP contribution in [0.15, 0.2) is 30.3 Å². The molecule has 1 N–H and O–H groups in total. The Labute approximate surface area is 100 Å². The van der Waals surface area contributed by atoms with Gasteiger partial charge in [0.2, 0.25) is 0 Å². The Morgan fingerprint density at radius 1 is 1.24 bits per heavy atom. The van der Waals surface area contributed by atoms with Gasteiger partial charge in [-0.15, -0.1) is 0 Å². The van der Waals surface area contributed by atoms with Gasteiger partial charge in [-0.3, -0.25) is 9.59 Å². The minimum absolute atomic E-state index is 0.420. The van der Waals surface area contributed by atoms with Gasteiger partial charge >= 0.3 is 11.9 Å². The van der Waals surface area contributed by atoms with Gasteiger partial charge in [0.1, 0.15) is 5.75 Å². The maximum absolute atomic E-state index is 11.9. The average molecular weight is 236 g/mol. The molecule has 1 aromatic rings. The average Bonchev–Trinajstić information content (AvgIpc) is 2.29. The Morgan fingerprint density at radius 3 is 2.24 bits per heavy atom. The van der Waals surface area contributed by atoms with E-state index in [0.29, 0.717) is 5.75 Å². The van der Waals surface area contributed by atoms with Gasteiger partial charge in [-0.05, 0) is 26.0 Å². The molecule has 4 heteroatoms. The van der Waals surface area contributed by atoms with Crippen molar-refractivity contribution in [2.75, 3.05) is 0 Å². The fourth-order valence-electron chi connectivity index (χ4n) is 1.21. The predicted molar refractivity (Wildman–Crippen MR) is 62.7 cm³/mol. The molecule has 1 aromatic carbocycles. The summed E-state index contributed by atoms with van der Waals surface area (Å²) in [6.07, 6.45) is 0. The third-order valence-electron chi connectivity index (χ3n) is 2.93. The highest BCUT2D eigenvalue weighted by Gasteiger charge is 2.40. The molecule has 0 aromatic heterocycles. The first-order valence-corrected chi connectivity index (χ1v) is 5.36. The molecule has 0 saturated heterocycles. The fourth-order valence-corrected chi connectivity index (χ4v) is 1.21. The number of hydrogen-bond acceptors (Lipinski definition) is 3. The zero-order chi connectivity index (χ0) is 13.1. The zero-order valence-corrected chi connectivity index (χ0v) is 10.1. The second-order valence-corrected chi connectivity index (χ2v) is 4.48. The molecule has 17 heavy (non-hydrogen) atoms. The SMILES string of the molecule is CC(C(=O)O)C(C)(C)C(=O)Oc1ccccc1. The molecular weight excluding hydrogens is 220 g/mol. The van der Waals surface area contributed by atoms with Crippen LogP contribution in [0.4, 0.5) is 0 Å². The number of hydrogen-bond donors (Lipinski definition) is 1. The molecule has 1 rings (SSSR count). The Morgan fingerprint density at radius 2 is 1.76 bits per heavy atom. The van der Waals surface area contributed by atoms with Crippen molar-refractivity contribution in [1.29, 1.82) is 0 Å². The molecule has 0 amide bonds. The molecule has 0 bridgehead atoms. The van der Waals surface area contributed by atoms with E-state index in [1.165, 1.54) is 6.92 Å². The van der Waals surface area contributed by atoms with Crippen molar-refractivity contribution in [3.8, 4) is 5.75 Å². The van der Waals surface area contributed by atoms with E-state index in [1.54, 1.807) is 38.1 Å². The van der Waals surface area contributed by atoms with Crippen LogP contribution in [-0.4, -0.2) is 17.0 Å². The Bertz CT molecular complexity index is 409. The van der Waals surface area contributed by atoms with Crippen LogP contribution in [0.3, 0.4) is 0 Å². The maximum atomic E-state index is 11.9. The van der Waals surface area contributed by atoms with Gasteiger partial charge in [-0.2, -0.15) is 0 Å². The third-order valence-corrected chi connectivity index (χ3v) is 2.93. The molecule has 1 unspecified atom stereocenters. The molecule has 0 radical (unpaired) electrons. The summed E-state index contributed by atoms with van der Waals surface area (Å²) in [5.74, 6) is -1.94. The molecular formula is C13H16O4. The van der Waals surface area contributed by atoms with Crippen molar-refractivity contribution in [2.45, 2.75) is 20.8 Å². The van der Waals surface area contributed by atoms with E-state index in [-0.39, 0.29) is 0 Å². The lowest BCUT2D eigenvalue weighted by atomic mass is 9.80. The van der Waals surface area contributed by atoms with Crippen LogP contribution < -0.4 is 4.74 Å². The summed E-state index contributed by atoms with van der Waals surface area (Å²) in [5.41, 5.74) is -1.07. The van der Waals surface area contributed by atoms with Gasteiger partial charge in [-0.1, -0.05) is 25.1 Å². The van der Waals surface area contributed by atoms with Crippen molar-refractivity contribution in [3.63, 3.8) is 0 Å². The number of carboxylic acid groups (broad SMARTS) is 1. The number of carbonyl (C=O) groups excluding carboxylic acids is 1. The van der Waals surface area contributed by atoms with Crippen molar-refractivity contribution in [2.24, 2.45) is 11.3 Å². The third kappa shape index (κ3) is 3.06. The smallest absolute Gasteiger partial charge is 0.317 e. The molecule has 0 spiro atoms. The second-order valence-electron chi connectivity index (χ2n) is 4.48. The normalized spacial score (nSPS) is 12.9. The number of para-hydroxylation sites is 1. The van der Waals surface area contributed by atoms with Gasteiger partial charge < -0.3 is 9.84 Å². The quantitative estimate of drug-likeness (QED) is 0.643. The number of rotatable bonds is 4. The highest BCUT2D eigenvalue weighted by molar-refractivity contribution is 5.85. The van der Waals surface area contributed by atoms with Crippen LogP contribution in [0.2, 0.25) is 0 Å². The first-order chi connectivity index (χ1) is 7.85.